The van der Waals surface area contributed by atoms with Gasteiger partial charge in [-0.2, -0.15) is 18.4 Å². The number of anilines is 2. The maximum Gasteiger partial charge on any atom is 0.416 e. The number of ketones is 1. The number of nitrogens with zero attached hydrogens (tertiary/aromatic N) is 1. The average molecular weight is 373 g/mol. The van der Waals surface area contributed by atoms with Crippen molar-refractivity contribution >= 4 is 23.1 Å². The SMILES string of the molecule is CC(=O)c1cccc(NC(=O)/C(C#N)=C\Nc2cccc(C(F)(F)F)c2)c1. The molecule has 2 rings (SSSR count). The first-order valence-corrected chi connectivity index (χ1v) is 7.67. The predicted molar refractivity (Wildman–Crippen MR) is 93.8 cm³/mol. The molecule has 27 heavy (non-hydrogen) atoms. The molecule has 0 spiro atoms. The van der Waals surface area contributed by atoms with Crippen LogP contribution in [0, 0.1) is 11.3 Å². The highest BCUT2D eigenvalue weighted by atomic mass is 19.4. The first-order chi connectivity index (χ1) is 12.7. The van der Waals surface area contributed by atoms with Gasteiger partial charge in [0.05, 0.1) is 5.56 Å². The van der Waals surface area contributed by atoms with Crippen LogP contribution in [0.15, 0.2) is 60.3 Å². The number of carbonyl (C=O) groups is 2. The lowest BCUT2D eigenvalue weighted by Crippen LogP contribution is -2.15. The lowest BCUT2D eigenvalue weighted by atomic mass is 10.1. The van der Waals surface area contributed by atoms with E-state index in [0.29, 0.717) is 11.3 Å². The largest absolute Gasteiger partial charge is 0.416 e. The molecule has 0 saturated carbocycles. The Morgan fingerprint density at radius 2 is 1.74 bits per heavy atom. The molecule has 0 aliphatic carbocycles. The second-order valence-electron chi connectivity index (χ2n) is 5.48. The zero-order valence-corrected chi connectivity index (χ0v) is 14.1. The summed E-state index contributed by atoms with van der Waals surface area (Å²) >= 11 is 0. The summed E-state index contributed by atoms with van der Waals surface area (Å²) in [4.78, 5) is 23.5. The van der Waals surface area contributed by atoms with Gasteiger partial charge in [-0.1, -0.05) is 18.2 Å². The van der Waals surface area contributed by atoms with Crippen LogP contribution in [-0.4, -0.2) is 11.7 Å². The minimum absolute atomic E-state index is 0.0731. The second kappa shape index (κ2) is 8.19. The maximum atomic E-state index is 12.7. The fourth-order valence-electron chi connectivity index (χ4n) is 2.10. The van der Waals surface area contributed by atoms with E-state index in [1.54, 1.807) is 24.3 Å². The molecule has 138 valence electrons. The van der Waals surface area contributed by atoms with E-state index in [2.05, 4.69) is 10.6 Å². The standard InChI is InChI=1S/C19H14F3N3O2/c1-12(26)13-4-2-7-17(8-13)25-18(27)14(10-23)11-24-16-6-3-5-15(9-16)19(20,21)22/h2-9,11,24H,1H3,(H,25,27)/b14-11-. The quantitative estimate of drug-likeness (QED) is 0.463. The molecule has 0 unspecified atom stereocenters. The molecule has 5 nitrogen and oxygen atoms in total. The third-order valence-corrected chi connectivity index (χ3v) is 3.47. The van der Waals surface area contributed by atoms with Crippen LogP contribution in [0.4, 0.5) is 24.5 Å². The summed E-state index contributed by atoms with van der Waals surface area (Å²) in [6, 6.07) is 12.2. The van der Waals surface area contributed by atoms with Crippen molar-refractivity contribution in [1.82, 2.24) is 0 Å². The second-order valence-corrected chi connectivity index (χ2v) is 5.48. The Morgan fingerprint density at radius 3 is 2.37 bits per heavy atom. The van der Waals surface area contributed by atoms with E-state index in [-0.39, 0.29) is 17.0 Å². The maximum absolute atomic E-state index is 12.7. The van der Waals surface area contributed by atoms with Gasteiger partial charge in [0.25, 0.3) is 5.91 Å². The van der Waals surface area contributed by atoms with Gasteiger partial charge in [-0.25, -0.2) is 0 Å². The van der Waals surface area contributed by atoms with Crippen LogP contribution < -0.4 is 10.6 Å². The molecule has 0 aromatic heterocycles. The van der Waals surface area contributed by atoms with Gasteiger partial charge in [-0.15, -0.1) is 0 Å². The summed E-state index contributed by atoms with van der Waals surface area (Å²) in [5.74, 6) is -0.953. The molecule has 0 fully saturated rings. The van der Waals surface area contributed by atoms with E-state index in [4.69, 9.17) is 5.26 Å². The number of rotatable bonds is 5. The summed E-state index contributed by atoms with van der Waals surface area (Å²) < 4.78 is 38.1. The van der Waals surface area contributed by atoms with Crippen molar-refractivity contribution in [3.05, 3.63) is 71.4 Å². The molecule has 1 amide bonds. The number of hydrogen-bond donors (Lipinski definition) is 2. The van der Waals surface area contributed by atoms with E-state index in [1.165, 1.54) is 25.1 Å². The van der Waals surface area contributed by atoms with Gasteiger partial charge in [0.2, 0.25) is 0 Å². The predicted octanol–water partition coefficient (Wildman–Crippen LogP) is 4.37. The van der Waals surface area contributed by atoms with E-state index in [9.17, 15) is 22.8 Å². The number of nitrogens with one attached hydrogen (secondary N) is 2. The lowest BCUT2D eigenvalue weighted by molar-refractivity contribution is -0.137. The molecule has 0 heterocycles. The summed E-state index contributed by atoms with van der Waals surface area (Å²) in [6.07, 6.45) is -3.49. The van der Waals surface area contributed by atoms with Gasteiger partial charge >= 0.3 is 6.18 Å². The number of nitriles is 1. The summed E-state index contributed by atoms with van der Waals surface area (Å²) in [5, 5.41) is 14.1. The molecule has 2 aromatic carbocycles. The normalized spacial score (nSPS) is 11.4. The van der Waals surface area contributed by atoms with Gasteiger partial charge < -0.3 is 10.6 Å². The Morgan fingerprint density at radius 1 is 1.07 bits per heavy atom. The Bertz CT molecular complexity index is 944. The van der Waals surface area contributed by atoms with Crippen molar-refractivity contribution in [3.63, 3.8) is 0 Å². The molecule has 0 saturated heterocycles. The van der Waals surface area contributed by atoms with Crippen LogP contribution in [0.1, 0.15) is 22.8 Å². The van der Waals surface area contributed by atoms with Crippen LogP contribution in [-0.2, 0) is 11.0 Å². The van der Waals surface area contributed by atoms with Gasteiger partial charge in [0.1, 0.15) is 11.6 Å². The van der Waals surface area contributed by atoms with Crippen molar-refractivity contribution in [2.75, 3.05) is 10.6 Å². The molecular weight excluding hydrogens is 359 g/mol. The number of Topliss-reactive ketones (excluding diaryl/α,β-unsaturated/α-hetero) is 1. The first kappa shape index (κ1) is 19.7. The monoisotopic (exact) mass is 373 g/mol. The molecular formula is C19H14F3N3O2. The molecule has 2 aromatic rings. The summed E-state index contributed by atoms with van der Waals surface area (Å²) in [7, 11) is 0. The van der Waals surface area contributed by atoms with Crippen molar-refractivity contribution in [1.29, 1.82) is 5.26 Å². The van der Waals surface area contributed by atoms with Crippen molar-refractivity contribution in [2.24, 2.45) is 0 Å². The van der Waals surface area contributed by atoms with E-state index < -0.39 is 17.6 Å². The van der Waals surface area contributed by atoms with E-state index in [0.717, 1.165) is 18.3 Å². The molecule has 8 heteroatoms. The topological polar surface area (TPSA) is 82.0 Å². The number of amides is 1. The fraction of sp³-hybridized carbons (Fsp3) is 0.105. The van der Waals surface area contributed by atoms with E-state index >= 15 is 0 Å². The Kier molecular flexibility index (Phi) is 5.98. The van der Waals surface area contributed by atoms with Crippen LogP contribution >= 0.6 is 0 Å². The van der Waals surface area contributed by atoms with Crippen LogP contribution in [0.5, 0.6) is 0 Å². The van der Waals surface area contributed by atoms with Gasteiger partial charge in [-0.05, 0) is 37.3 Å². The highest BCUT2D eigenvalue weighted by molar-refractivity contribution is 6.07. The zero-order valence-electron chi connectivity index (χ0n) is 14.1. The number of hydrogen-bond acceptors (Lipinski definition) is 4. The van der Waals surface area contributed by atoms with Crippen molar-refractivity contribution in [2.45, 2.75) is 13.1 Å². The fourth-order valence-corrected chi connectivity index (χ4v) is 2.10. The third kappa shape index (κ3) is 5.44. The molecule has 0 aliphatic heterocycles. The molecule has 0 atom stereocenters. The minimum Gasteiger partial charge on any atom is -0.360 e. The minimum atomic E-state index is -4.50. The highest BCUT2D eigenvalue weighted by Crippen LogP contribution is 2.30. The molecule has 0 bridgehead atoms. The number of benzene rings is 2. The first-order valence-electron chi connectivity index (χ1n) is 7.67. The number of carbonyl (C=O) groups excluding carboxylic acids is 2. The molecule has 0 aliphatic rings. The lowest BCUT2D eigenvalue weighted by Gasteiger charge is -2.09. The Balaban J connectivity index is 2.14. The highest BCUT2D eigenvalue weighted by Gasteiger charge is 2.30. The molecule has 2 N–H and O–H groups in total. The van der Waals surface area contributed by atoms with Crippen LogP contribution in [0.25, 0.3) is 0 Å². The number of halogens is 3. The van der Waals surface area contributed by atoms with E-state index in [1.807, 2.05) is 0 Å². The summed E-state index contributed by atoms with van der Waals surface area (Å²) in [5.41, 5.74) is -0.431. The molecule has 0 radical (unpaired) electrons. The third-order valence-electron chi connectivity index (χ3n) is 3.47. The van der Waals surface area contributed by atoms with Crippen molar-refractivity contribution in [3.8, 4) is 6.07 Å². The van der Waals surface area contributed by atoms with Gasteiger partial charge in [-0.3, -0.25) is 9.59 Å². The van der Waals surface area contributed by atoms with Crippen LogP contribution in [0.3, 0.4) is 0 Å². The zero-order chi connectivity index (χ0) is 20.0. The van der Waals surface area contributed by atoms with Gasteiger partial charge in [0, 0.05) is 23.1 Å². The summed E-state index contributed by atoms with van der Waals surface area (Å²) in [6.45, 7) is 1.38. The van der Waals surface area contributed by atoms with Crippen molar-refractivity contribution < 1.29 is 22.8 Å². The van der Waals surface area contributed by atoms with Gasteiger partial charge in [0.15, 0.2) is 5.78 Å². The average Bonchev–Trinajstić information content (AvgIpc) is 2.62. The van der Waals surface area contributed by atoms with Crippen LogP contribution in [0.2, 0.25) is 0 Å². The number of alkyl halides is 3. The Hall–Kier alpha value is -3.60. The smallest absolute Gasteiger partial charge is 0.360 e. The Labute approximate surface area is 153 Å².